The van der Waals surface area contributed by atoms with Gasteiger partial charge < -0.3 is 11.1 Å². The van der Waals surface area contributed by atoms with Crippen molar-refractivity contribution >= 4 is 5.91 Å². The van der Waals surface area contributed by atoms with Gasteiger partial charge in [-0.2, -0.15) is 0 Å². The van der Waals surface area contributed by atoms with Gasteiger partial charge in [-0.15, -0.1) is 0 Å². The van der Waals surface area contributed by atoms with Crippen LogP contribution in [0.5, 0.6) is 0 Å². The standard InChI is InChI=1S/C18H18F3N3O/c19-13-9-15(21)14(20)7-10(13)8-16(22)11-5-12(6-11)24-18(25)17-3-1-2-4-23-17/h1-4,7,9,11-12,16H,5-6,8,22H2,(H,24,25)/t11?,12?,16-/m1/s1. The lowest BCUT2D eigenvalue weighted by Gasteiger charge is -2.39. The monoisotopic (exact) mass is 349 g/mol. The van der Waals surface area contributed by atoms with Crippen molar-refractivity contribution in [3.05, 3.63) is 65.2 Å². The molecular weight excluding hydrogens is 331 g/mol. The van der Waals surface area contributed by atoms with Crippen LogP contribution in [0.4, 0.5) is 13.2 Å². The molecule has 1 atom stereocenters. The van der Waals surface area contributed by atoms with Crippen molar-refractivity contribution < 1.29 is 18.0 Å². The second kappa shape index (κ2) is 7.23. The van der Waals surface area contributed by atoms with Crippen LogP contribution in [0, 0.1) is 23.4 Å². The number of pyridine rings is 1. The van der Waals surface area contributed by atoms with Crippen molar-refractivity contribution in [1.82, 2.24) is 10.3 Å². The fourth-order valence-corrected chi connectivity index (χ4v) is 3.03. The van der Waals surface area contributed by atoms with E-state index in [0.717, 1.165) is 6.07 Å². The number of amides is 1. The summed E-state index contributed by atoms with van der Waals surface area (Å²) in [6.45, 7) is 0. The second-order valence-electron chi connectivity index (χ2n) is 6.34. The van der Waals surface area contributed by atoms with Crippen molar-refractivity contribution in [2.24, 2.45) is 11.7 Å². The molecule has 1 aliphatic rings. The first-order chi connectivity index (χ1) is 11.9. The smallest absolute Gasteiger partial charge is 0.270 e. The van der Waals surface area contributed by atoms with Crippen LogP contribution in [0.3, 0.4) is 0 Å². The molecule has 2 aromatic rings. The van der Waals surface area contributed by atoms with Gasteiger partial charge in [0.1, 0.15) is 11.5 Å². The van der Waals surface area contributed by atoms with Crippen molar-refractivity contribution in [1.29, 1.82) is 0 Å². The zero-order chi connectivity index (χ0) is 18.0. The zero-order valence-corrected chi connectivity index (χ0v) is 13.4. The summed E-state index contributed by atoms with van der Waals surface area (Å²) in [5.74, 6) is -3.26. The van der Waals surface area contributed by atoms with Crippen molar-refractivity contribution in [2.75, 3.05) is 0 Å². The maximum absolute atomic E-state index is 13.7. The maximum atomic E-state index is 13.7. The first kappa shape index (κ1) is 17.4. The summed E-state index contributed by atoms with van der Waals surface area (Å²) in [7, 11) is 0. The molecule has 0 saturated heterocycles. The summed E-state index contributed by atoms with van der Waals surface area (Å²) in [5, 5.41) is 2.87. The van der Waals surface area contributed by atoms with Crippen molar-refractivity contribution in [2.45, 2.75) is 31.3 Å². The number of nitrogens with two attached hydrogens (primary N) is 1. The second-order valence-corrected chi connectivity index (χ2v) is 6.34. The van der Waals surface area contributed by atoms with Crippen LogP contribution in [0.1, 0.15) is 28.9 Å². The van der Waals surface area contributed by atoms with E-state index in [4.69, 9.17) is 5.73 Å². The molecule has 1 fully saturated rings. The van der Waals surface area contributed by atoms with Gasteiger partial charge >= 0.3 is 0 Å². The Kier molecular flexibility index (Phi) is 5.03. The number of nitrogens with zero attached hydrogens (tertiary/aromatic N) is 1. The summed E-state index contributed by atoms with van der Waals surface area (Å²) in [4.78, 5) is 16.0. The molecule has 0 bridgehead atoms. The van der Waals surface area contributed by atoms with Crippen LogP contribution in [0.15, 0.2) is 36.5 Å². The topological polar surface area (TPSA) is 68.0 Å². The molecule has 0 unspecified atom stereocenters. The Labute approximate surface area is 143 Å². The van der Waals surface area contributed by atoms with Gasteiger partial charge in [0.05, 0.1) is 0 Å². The van der Waals surface area contributed by atoms with Gasteiger partial charge in [-0.3, -0.25) is 9.78 Å². The van der Waals surface area contributed by atoms with Crippen LogP contribution in [-0.2, 0) is 6.42 Å². The van der Waals surface area contributed by atoms with Gasteiger partial charge in [-0.25, -0.2) is 13.2 Å². The predicted octanol–water partition coefficient (Wildman–Crippen LogP) is 2.58. The van der Waals surface area contributed by atoms with Crippen molar-refractivity contribution in [3.8, 4) is 0 Å². The minimum absolute atomic E-state index is 0.0136. The maximum Gasteiger partial charge on any atom is 0.270 e. The van der Waals surface area contributed by atoms with E-state index in [0.29, 0.717) is 24.6 Å². The van der Waals surface area contributed by atoms with Gasteiger partial charge in [-0.05, 0) is 48.9 Å². The quantitative estimate of drug-likeness (QED) is 0.816. The molecular formula is C18H18F3N3O. The highest BCUT2D eigenvalue weighted by Crippen LogP contribution is 2.31. The first-order valence-electron chi connectivity index (χ1n) is 8.05. The third kappa shape index (κ3) is 3.99. The van der Waals surface area contributed by atoms with Gasteiger partial charge in [0.25, 0.3) is 5.91 Å². The molecule has 3 rings (SSSR count). The number of benzene rings is 1. The average molecular weight is 349 g/mol. The molecule has 3 N–H and O–H groups in total. The van der Waals surface area contributed by atoms with Crippen molar-refractivity contribution in [3.63, 3.8) is 0 Å². The molecule has 0 radical (unpaired) electrons. The van der Waals surface area contributed by atoms with Gasteiger partial charge in [0.2, 0.25) is 0 Å². The van der Waals surface area contributed by atoms with E-state index in [9.17, 15) is 18.0 Å². The van der Waals surface area contributed by atoms with Gasteiger partial charge in [-0.1, -0.05) is 6.07 Å². The van der Waals surface area contributed by atoms with Crippen LogP contribution >= 0.6 is 0 Å². The highest BCUT2D eigenvalue weighted by atomic mass is 19.2. The molecule has 0 spiro atoms. The fraction of sp³-hybridized carbons (Fsp3) is 0.333. The Balaban J connectivity index is 1.51. The summed E-state index contributed by atoms with van der Waals surface area (Å²) < 4.78 is 39.9. The number of halogens is 3. The number of nitrogens with one attached hydrogen (secondary N) is 1. The summed E-state index contributed by atoms with van der Waals surface area (Å²) in [6.07, 6.45) is 2.98. The number of carbonyl (C=O) groups is 1. The largest absolute Gasteiger partial charge is 0.348 e. The van der Waals surface area contributed by atoms with E-state index < -0.39 is 17.5 Å². The molecule has 1 aromatic heterocycles. The molecule has 132 valence electrons. The Morgan fingerprint density at radius 2 is 1.92 bits per heavy atom. The van der Waals surface area contributed by atoms with E-state index in [1.165, 1.54) is 0 Å². The van der Waals surface area contributed by atoms with E-state index in [-0.39, 0.29) is 35.9 Å². The molecule has 4 nitrogen and oxygen atoms in total. The summed E-state index contributed by atoms with van der Waals surface area (Å²) >= 11 is 0. The number of hydrogen-bond donors (Lipinski definition) is 2. The number of rotatable bonds is 5. The Hall–Kier alpha value is -2.41. The van der Waals surface area contributed by atoms with Gasteiger partial charge in [0, 0.05) is 24.3 Å². The highest BCUT2D eigenvalue weighted by Gasteiger charge is 2.35. The number of carbonyl (C=O) groups excluding carboxylic acids is 1. The lowest BCUT2D eigenvalue weighted by atomic mass is 9.74. The zero-order valence-electron chi connectivity index (χ0n) is 13.4. The summed E-state index contributed by atoms with van der Waals surface area (Å²) in [6, 6.07) is 6.08. The van der Waals surface area contributed by atoms with Crippen LogP contribution in [0.2, 0.25) is 0 Å². The molecule has 1 aliphatic carbocycles. The van der Waals surface area contributed by atoms with E-state index in [1.807, 2.05) is 0 Å². The minimum atomic E-state index is -1.21. The molecule has 0 aliphatic heterocycles. The molecule has 1 saturated carbocycles. The Bertz CT molecular complexity index is 764. The Morgan fingerprint density at radius 1 is 1.20 bits per heavy atom. The third-order valence-corrected chi connectivity index (χ3v) is 4.56. The minimum Gasteiger partial charge on any atom is -0.348 e. The lowest BCUT2D eigenvalue weighted by Crippen LogP contribution is -2.50. The van der Waals surface area contributed by atoms with Crippen LogP contribution in [-0.4, -0.2) is 23.0 Å². The number of aromatic nitrogens is 1. The SMILES string of the molecule is N[C@H](Cc1cc(F)c(F)cc1F)C1CC(NC(=O)c2ccccn2)C1. The summed E-state index contributed by atoms with van der Waals surface area (Å²) in [5.41, 5.74) is 6.47. The van der Waals surface area contributed by atoms with E-state index in [1.54, 1.807) is 24.4 Å². The fourth-order valence-electron chi connectivity index (χ4n) is 3.03. The number of hydrogen-bond acceptors (Lipinski definition) is 3. The normalized spacial score (nSPS) is 20.6. The van der Waals surface area contributed by atoms with E-state index >= 15 is 0 Å². The molecule has 1 aromatic carbocycles. The van der Waals surface area contributed by atoms with Gasteiger partial charge in [0.15, 0.2) is 11.6 Å². The lowest BCUT2D eigenvalue weighted by molar-refractivity contribution is 0.0870. The van der Waals surface area contributed by atoms with Crippen LogP contribution < -0.4 is 11.1 Å². The average Bonchev–Trinajstić information content (AvgIpc) is 2.56. The van der Waals surface area contributed by atoms with Crippen LogP contribution in [0.25, 0.3) is 0 Å². The highest BCUT2D eigenvalue weighted by molar-refractivity contribution is 5.92. The van der Waals surface area contributed by atoms with E-state index in [2.05, 4.69) is 10.3 Å². The molecule has 1 heterocycles. The third-order valence-electron chi connectivity index (χ3n) is 4.56. The predicted molar refractivity (Wildman–Crippen MR) is 86.2 cm³/mol. The Morgan fingerprint density at radius 3 is 2.60 bits per heavy atom. The first-order valence-corrected chi connectivity index (χ1v) is 8.05. The molecule has 25 heavy (non-hydrogen) atoms. The molecule has 7 heteroatoms. The molecule has 1 amide bonds.